The summed E-state index contributed by atoms with van der Waals surface area (Å²) in [5, 5.41) is 17.5. The molecule has 0 bridgehead atoms. The molecule has 1 aliphatic heterocycles. The van der Waals surface area contributed by atoms with Gasteiger partial charge in [0.1, 0.15) is 5.82 Å². The van der Waals surface area contributed by atoms with Crippen LogP contribution in [0.2, 0.25) is 0 Å². The molecule has 2 heterocycles. The summed E-state index contributed by atoms with van der Waals surface area (Å²) >= 11 is 0.695. The van der Waals surface area contributed by atoms with Crippen molar-refractivity contribution in [2.45, 2.75) is 16.9 Å². The SMILES string of the molecule is Nc1ccn([C@@]2(O)CS[C@@H](CO)C2(F)F)c(=O)n1. The van der Waals surface area contributed by atoms with Crippen molar-refractivity contribution in [1.29, 1.82) is 0 Å². The second-order valence-electron chi connectivity index (χ2n) is 3.93. The highest BCUT2D eigenvalue weighted by Crippen LogP contribution is 2.49. The zero-order valence-corrected chi connectivity index (χ0v) is 9.90. The van der Waals surface area contributed by atoms with Crippen molar-refractivity contribution < 1.29 is 19.0 Å². The first-order valence-corrected chi connectivity index (χ1v) is 6.06. The summed E-state index contributed by atoms with van der Waals surface area (Å²) in [5.74, 6) is -4.18. The number of thioether (sulfide) groups is 1. The smallest absolute Gasteiger partial charge is 0.352 e. The van der Waals surface area contributed by atoms with Crippen molar-refractivity contribution in [3.63, 3.8) is 0 Å². The van der Waals surface area contributed by atoms with E-state index in [9.17, 15) is 18.7 Å². The van der Waals surface area contributed by atoms with E-state index >= 15 is 0 Å². The lowest BCUT2D eigenvalue weighted by Crippen LogP contribution is -2.56. The van der Waals surface area contributed by atoms with Gasteiger partial charge in [-0.2, -0.15) is 13.8 Å². The molecule has 0 saturated carbocycles. The van der Waals surface area contributed by atoms with Crippen LogP contribution in [0.3, 0.4) is 0 Å². The van der Waals surface area contributed by atoms with Crippen LogP contribution >= 0.6 is 11.8 Å². The monoisotopic (exact) mass is 279 g/mol. The molecule has 4 N–H and O–H groups in total. The van der Waals surface area contributed by atoms with Gasteiger partial charge in [-0.25, -0.2) is 4.79 Å². The fraction of sp³-hybridized carbons (Fsp3) is 0.556. The summed E-state index contributed by atoms with van der Waals surface area (Å²) in [6, 6.07) is 1.15. The van der Waals surface area contributed by atoms with Gasteiger partial charge in [-0.05, 0) is 6.07 Å². The van der Waals surface area contributed by atoms with Crippen LogP contribution in [0, 0.1) is 0 Å². The van der Waals surface area contributed by atoms with Crippen molar-refractivity contribution in [2.24, 2.45) is 0 Å². The van der Waals surface area contributed by atoms with Crippen LogP contribution in [-0.4, -0.2) is 43.3 Å². The quantitative estimate of drug-likeness (QED) is 0.656. The fourth-order valence-electron chi connectivity index (χ4n) is 1.77. The number of hydrogen-bond acceptors (Lipinski definition) is 6. The molecule has 6 nitrogen and oxygen atoms in total. The molecule has 100 valence electrons. The van der Waals surface area contributed by atoms with Crippen LogP contribution < -0.4 is 11.4 Å². The van der Waals surface area contributed by atoms with E-state index in [4.69, 9.17) is 10.8 Å². The Hall–Kier alpha value is -1.19. The first-order chi connectivity index (χ1) is 8.33. The number of aromatic nitrogens is 2. The molecule has 9 heteroatoms. The molecular formula is C9H11F2N3O3S. The Bertz CT molecular complexity index is 524. The van der Waals surface area contributed by atoms with Gasteiger partial charge >= 0.3 is 11.6 Å². The van der Waals surface area contributed by atoms with Crippen molar-refractivity contribution >= 4 is 17.6 Å². The molecule has 18 heavy (non-hydrogen) atoms. The summed E-state index contributed by atoms with van der Waals surface area (Å²) in [5.41, 5.74) is 1.49. The normalized spacial score (nSPS) is 30.6. The van der Waals surface area contributed by atoms with Crippen LogP contribution in [0.5, 0.6) is 0 Å². The Balaban J connectivity index is 2.52. The molecule has 1 saturated heterocycles. The lowest BCUT2D eigenvalue weighted by molar-refractivity contribution is -0.211. The third-order valence-electron chi connectivity index (χ3n) is 2.81. The van der Waals surface area contributed by atoms with E-state index in [2.05, 4.69) is 4.98 Å². The Kier molecular flexibility index (Phi) is 3.07. The van der Waals surface area contributed by atoms with Crippen LogP contribution in [0.4, 0.5) is 14.6 Å². The summed E-state index contributed by atoms with van der Waals surface area (Å²) in [6.07, 6.45) is 0.971. The van der Waals surface area contributed by atoms with Gasteiger partial charge in [0.15, 0.2) is 0 Å². The minimum atomic E-state index is -3.64. The number of nitrogens with zero attached hydrogens (tertiary/aromatic N) is 2. The Morgan fingerprint density at radius 1 is 1.67 bits per heavy atom. The molecule has 0 unspecified atom stereocenters. The molecule has 0 radical (unpaired) electrons. The molecule has 0 aromatic carbocycles. The van der Waals surface area contributed by atoms with Gasteiger partial charge in [-0.15, -0.1) is 11.8 Å². The van der Waals surface area contributed by atoms with E-state index in [0.717, 1.165) is 12.3 Å². The topological polar surface area (TPSA) is 101 Å². The average Bonchev–Trinajstić information content (AvgIpc) is 2.50. The summed E-state index contributed by atoms with van der Waals surface area (Å²) in [7, 11) is 0. The molecule has 1 aliphatic rings. The molecule has 0 aliphatic carbocycles. The largest absolute Gasteiger partial charge is 0.395 e. The van der Waals surface area contributed by atoms with Crippen LogP contribution in [-0.2, 0) is 5.72 Å². The number of alkyl halides is 2. The highest BCUT2D eigenvalue weighted by atomic mass is 32.2. The maximum atomic E-state index is 14.0. The first-order valence-electron chi connectivity index (χ1n) is 5.01. The van der Waals surface area contributed by atoms with Crippen LogP contribution in [0.15, 0.2) is 17.1 Å². The minimum absolute atomic E-state index is 0.118. The number of anilines is 1. The average molecular weight is 279 g/mol. The zero-order valence-electron chi connectivity index (χ0n) is 9.08. The van der Waals surface area contributed by atoms with E-state index < -0.39 is 34.9 Å². The zero-order chi connectivity index (χ0) is 13.6. The Morgan fingerprint density at radius 2 is 2.33 bits per heavy atom. The third-order valence-corrected chi connectivity index (χ3v) is 4.23. The van der Waals surface area contributed by atoms with Crippen molar-refractivity contribution in [1.82, 2.24) is 9.55 Å². The van der Waals surface area contributed by atoms with Gasteiger partial charge in [0.2, 0.25) is 5.72 Å². The van der Waals surface area contributed by atoms with E-state index in [1.807, 2.05) is 0 Å². The number of rotatable bonds is 2. The second-order valence-corrected chi connectivity index (χ2v) is 5.12. The maximum Gasteiger partial charge on any atom is 0.352 e. The molecule has 1 aromatic rings. The van der Waals surface area contributed by atoms with E-state index in [-0.39, 0.29) is 5.82 Å². The third kappa shape index (κ3) is 1.70. The lowest BCUT2D eigenvalue weighted by atomic mass is 10.0. The molecule has 1 fully saturated rings. The number of aliphatic hydroxyl groups excluding tert-OH is 1. The predicted molar refractivity (Wildman–Crippen MR) is 61.4 cm³/mol. The summed E-state index contributed by atoms with van der Waals surface area (Å²) in [6.45, 7) is -0.795. The van der Waals surface area contributed by atoms with Crippen molar-refractivity contribution in [3.8, 4) is 0 Å². The Morgan fingerprint density at radius 3 is 2.83 bits per heavy atom. The molecule has 1 aromatic heterocycles. The van der Waals surface area contributed by atoms with Gasteiger partial charge in [0.05, 0.1) is 11.9 Å². The summed E-state index contributed by atoms with van der Waals surface area (Å²) in [4.78, 5) is 14.8. The number of nitrogen functional groups attached to an aromatic ring is 1. The highest BCUT2D eigenvalue weighted by Gasteiger charge is 2.64. The lowest BCUT2D eigenvalue weighted by Gasteiger charge is -2.32. The molecule has 2 atom stereocenters. The van der Waals surface area contributed by atoms with Gasteiger partial charge in [0, 0.05) is 11.9 Å². The van der Waals surface area contributed by atoms with Gasteiger partial charge in [-0.1, -0.05) is 0 Å². The number of aliphatic hydroxyl groups is 2. The summed E-state index contributed by atoms with van der Waals surface area (Å²) < 4.78 is 28.4. The standard InChI is InChI=1S/C9H11F2N3O3S/c10-9(11)5(3-15)18-4-8(9,17)14-2-1-6(12)13-7(14)16/h1-2,5,15,17H,3-4H2,(H2,12,13,16)/t5-,8+/m0/s1. The second kappa shape index (κ2) is 4.18. The predicted octanol–water partition coefficient (Wildman–Crippen LogP) is -0.786. The van der Waals surface area contributed by atoms with Crippen LogP contribution in [0.25, 0.3) is 0 Å². The van der Waals surface area contributed by atoms with E-state index in [1.54, 1.807) is 0 Å². The number of nitrogens with two attached hydrogens (primary N) is 1. The Labute approximate surface area is 104 Å². The molecular weight excluding hydrogens is 268 g/mol. The first kappa shape index (κ1) is 13.2. The highest BCUT2D eigenvalue weighted by molar-refractivity contribution is 8.00. The van der Waals surface area contributed by atoms with Crippen LogP contribution in [0.1, 0.15) is 0 Å². The van der Waals surface area contributed by atoms with Gasteiger partial charge in [-0.3, -0.25) is 4.57 Å². The van der Waals surface area contributed by atoms with Crippen molar-refractivity contribution in [2.75, 3.05) is 18.1 Å². The number of halogens is 2. The van der Waals surface area contributed by atoms with Crippen molar-refractivity contribution in [3.05, 3.63) is 22.7 Å². The van der Waals surface area contributed by atoms with Gasteiger partial charge in [0.25, 0.3) is 0 Å². The molecule has 0 amide bonds. The van der Waals surface area contributed by atoms with E-state index in [0.29, 0.717) is 16.3 Å². The molecule has 0 spiro atoms. The van der Waals surface area contributed by atoms with E-state index in [1.165, 1.54) is 0 Å². The minimum Gasteiger partial charge on any atom is -0.395 e. The number of hydrogen-bond donors (Lipinski definition) is 3. The maximum absolute atomic E-state index is 14.0. The molecule has 2 rings (SSSR count). The fourth-order valence-corrected chi connectivity index (χ4v) is 3.04. The van der Waals surface area contributed by atoms with Gasteiger partial charge < -0.3 is 15.9 Å².